The van der Waals surface area contributed by atoms with E-state index < -0.39 is 71.7 Å². The number of phenolic OH excluding ortho intramolecular Hbond substituents is 1. The van der Waals surface area contributed by atoms with Gasteiger partial charge in [0.05, 0.1) is 54.6 Å². The number of methoxy groups -OCH3 is 3. The lowest BCUT2D eigenvalue weighted by Crippen LogP contribution is -2.30. The van der Waals surface area contributed by atoms with Crippen molar-refractivity contribution < 1.29 is 55.1 Å². The van der Waals surface area contributed by atoms with Gasteiger partial charge in [0, 0.05) is 29.9 Å². The van der Waals surface area contributed by atoms with Gasteiger partial charge in [0.25, 0.3) is 27.8 Å². The summed E-state index contributed by atoms with van der Waals surface area (Å²) in [5, 5.41) is 22.2. The third-order valence-electron chi connectivity index (χ3n) is 9.49. The Morgan fingerprint density at radius 1 is 0.831 bits per heavy atom. The van der Waals surface area contributed by atoms with Crippen LogP contribution in [0.5, 0.6) is 23.0 Å². The average molecular weight is 866 g/mol. The maximum atomic E-state index is 14.3. The Morgan fingerprint density at radius 3 is 2.03 bits per heavy atom. The van der Waals surface area contributed by atoms with Crippen LogP contribution >= 0.6 is 11.6 Å². The topological polar surface area (TPSA) is 231 Å². The molecule has 0 bridgehead atoms. The molecular formula is C39H36ClN5O12S2. The van der Waals surface area contributed by atoms with Crippen LogP contribution in [0.25, 0.3) is 10.8 Å². The number of benzene rings is 5. The molecule has 0 radical (unpaired) electrons. The number of amides is 3. The number of rotatable bonds is 14. The minimum atomic E-state index is -5.47. The lowest BCUT2D eigenvalue weighted by molar-refractivity contribution is 0.0642. The maximum absolute atomic E-state index is 14.3. The lowest BCUT2D eigenvalue weighted by atomic mass is 9.98. The molecule has 308 valence electrons. The highest BCUT2D eigenvalue weighted by atomic mass is 35.5. The molecule has 0 aliphatic carbocycles. The third kappa shape index (κ3) is 7.77. The van der Waals surface area contributed by atoms with Gasteiger partial charge in [0.15, 0.2) is 5.75 Å². The zero-order valence-electron chi connectivity index (χ0n) is 32.0. The molecule has 1 aliphatic rings. The summed E-state index contributed by atoms with van der Waals surface area (Å²) < 4.78 is 81.8. The number of phenols is 1. The number of azo groups is 1. The van der Waals surface area contributed by atoms with Crippen molar-refractivity contribution in [2.75, 3.05) is 39.7 Å². The van der Waals surface area contributed by atoms with Crippen LogP contribution in [0, 0.1) is 0 Å². The summed E-state index contributed by atoms with van der Waals surface area (Å²) in [5.41, 5.74) is -1.66. The van der Waals surface area contributed by atoms with Gasteiger partial charge < -0.3 is 24.6 Å². The van der Waals surface area contributed by atoms with Crippen molar-refractivity contribution in [3.05, 3.63) is 100 Å². The van der Waals surface area contributed by atoms with Gasteiger partial charge in [-0.05, 0) is 42.0 Å². The first-order valence-corrected chi connectivity index (χ1v) is 20.8. The smallest absolute Gasteiger partial charge is 0.296 e. The molecule has 0 aromatic heterocycles. The third-order valence-corrected chi connectivity index (χ3v) is 12.8. The van der Waals surface area contributed by atoms with E-state index in [4.69, 9.17) is 25.8 Å². The molecule has 3 amide bonds. The van der Waals surface area contributed by atoms with E-state index in [1.54, 1.807) is 26.0 Å². The van der Waals surface area contributed by atoms with E-state index in [1.165, 1.54) is 86.3 Å². The molecule has 3 N–H and O–H groups in total. The minimum Gasteiger partial charge on any atom is -0.505 e. The van der Waals surface area contributed by atoms with Crippen molar-refractivity contribution in [1.29, 1.82) is 0 Å². The molecule has 1 aliphatic heterocycles. The molecule has 1 heterocycles. The molecule has 0 saturated heterocycles. The van der Waals surface area contributed by atoms with Crippen molar-refractivity contribution >= 4 is 77.3 Å². The van der Waals surface area contributed by atoms with Gasteiger partial charge in [0.2, 0.25) is 10.0 Å². The fourth-order valence-electron chi connectivity index (χ4n) is 6.67. The van der Waals surface area contributed by atoms with Crippen LogP contribution < -0.4 is 19.5 Å². The molecule has 0 saturated carbocycles. The van der Waals surface area contributed by atoms with Gasteiger partial charge in [-0.15, -0.1) is 10.2 Å². The zero-order chi connectivity index (χ0) is 43.0. The van der Waals surface area contributed by atoms with Crippen LogP contribution in [0.2, 0.25) is 5.02 Å². The van der Waals surface area contributed by atoms with Gasteiger partial charge in [0.1, 0.15) is 39.1 Å². The molecule has 59 heavy (non-hydrogen) atoms. The molecule has 0 spiro atoms. The number of hydrogen-bond acceptors (Lipinski definition) is 13. The first kappa shape index (κ1) is 42.5. The number of imide groups is 1. The molecule has 5 aromatic rings. The molecule has 0 fully saturated rings. The molecule has 6 rings (SSSR count). The Labute approximate surface area is 343 Å². The summed E-state index contributed by atoms with van der Waals surface area (Å²) in [7, 11) is -5.57. The standard InChI is InChI=1S/C39H36ClN5O12S2/c1-6-44(7-2)58(50,51)22-15-16-29(55-3)28(17-22)42-43-34-25-14-10-11-21(20-45-38(48)23-12-8-9-13-24(23)39(45)49)32(25)36(59(52,53)54)33(35(34)46)37(47)41-27-18-26(40)30(56-4)19-31(27)57-5/h8-19,46H,6-7,20H2,1-5H3,(H,41,47)(H,52,53,54). The number of fused-ring (bicyclic) bond motifs is 2. The van der Waals surface area contributed by atoms with Gasteiger partial charge >= 0.3 is 0 Å². The van der Waals surface area contributed by atoms with E-state index in [9.17, 15) is 40.9 Å². The SMILES string of the molecule is CCN(CC)S(=O)(=O)c1ccc(OC)c(N=Nc2c(O)c(C(=O)Nc3cc(Cl)c(OC)cc3OC)c(S(=O)(=O)O)c3c(CN4C(=O)c5ccccc5C4=O)cccc23)c1. The number of sulfonamides is 1. The summed E-state index contributed by atoms with van der Waals surface area (Å²) >= 11 is 6.33. The van der Waals surface area contributed by atoms with Crippen molar-refractivity contribution in [2.24, 2.45) is 10.2 Å². The van der Waals surface area contributed by atoms with Crippen molar-refractivity contribution in [2.45, 2.75) is 30.2 Å². The average Bonchev–Trinajstić information content (AvgIpc) is 3.44. The highest BCUT2D eigenvalue weighted by Crippen LogP contribution is 2.47. The van der Waals surface area contributed by atoms with Crippen molar-refractivity contribution in [1.82, 2.24) is 9.21 Å². The summed E-state index contributed by atoms with van der Waals surface area (Å²) in [6.07, 6.45) is 0. The normalized spacial score (nSPS) is 13.1. The van der Waals surface area contributed by atoms with E-state index >= 15 is 0 Å². The number of carbonyl (C=O) groups excluding carboxylic acids is 3. The van der Waals surface area contributed by atoms with Crippen LogP contribution in [0.1, 0.15) is 50.5 Å². The second-order valence-electron chi connectivity index (χ2n) is 12.7. The minimum absolute atomic E-state index is 0.00569. The second-order valence-corrected chi connectivity index (χ2v) is 16.4. The summed E-state index contributed by atoms with van der Waals surface area (Å²) in [4.78, 5) is 40.9. The van der Waals surface area contributed by atoms with E-state index in [1.807, 2.05) is 0 Å². The van der Waals surface area contributed by atoms with Gasteiger partial charge in [-0.3, -0.25) is 23.8 Å². The monoisotopic (exact) mass is 865 g/mol. The van der Waals surface area contributed by atoms with Crippen LogP contribution in [-0.2, 0) is 26.7 Å². The number of aromatic hydroxyl groups is 1. The molecular weight excluding hydrogens is 830 g/mol. The first-order valence-electron chi connectivity index (χ1n) is 17.6. The highest BCUT2D eigenvalue weighted by Gasteiger charge is 2.38. The molecule has 17 nitrogen and oxygen atoms in total. The van der Waals surface area contributed by atoms with Crippen LogP contribution in [0.4, 0.5) is 17.1 Å². The molecule has 5 aromatic carbocycles. The first-order chi connectivity index (χ1) is 28.0. The molecule has 20 heteroatoms. The Balaban J connectivity index is 1.62. The highest BCUT2D eigenvalue weighted by molar-refractivity contribution is 7.89. The van der Waals surface area contributed by atoms with Crippen molar-refractivity contribution in [3.8, 4) is 23.0 Å². The predicted octanol–water partition coefficient (Wildman–Crippen LogP) is 6.97. The van der Waals surface area contributed by atoms with Crippen LogP contribution in [-0.4, -0.2) is 87.8 Å². The summed E-state index contributed by atoms with van der Waals surface area (Å²) in [5.74, 6) is -3.56. The number of anilines is 1. The number of nitrogens with one attached hydrogen (secondary N) is 1. The Hall–Kier alpha value is -6.12. The van der Waals surface area contributed by atoms with E-state index in [0.29, 0.717) is 0 Å². The Kier molecular flexibility index (Phi) is 12.0. The second kappa shape index (κ2) is 16.6. The van der Waals surface area contributed by atoms with Crippen molar-refractivity contribution in [3.63, 3.8) is 0 Å². The quantitative estimate of drug-likeness (QED) is 0.0584. The van der Waals surface area contributed by atoms with Gasteiger partial charge in [-0.25, -0.2) is 8.42 Å². The van der Waals surface area contributed by atoms with E-state index in [0.717, 1.165) is 4.90 Å². The number of hydrogen-bond donors (Lipinski definition) is 3. The number of nitrogens with zero attached hydrogens (tertiary/aromatic N) is 4. The fraction of sp³-hybridized carbons (Fsp3) is 0.205. The number of halogens is 1. The number of ether oxygens (including phenoxy) is 3. The van der Waals surface area contributed by atoms with Crippen LogP contribution in [0.15, 0.2) is 92.8 Å². The predicted molar refractivity (Wildman–Crippen MR) is 216 cm³/mol. The zero-order valence-corrected chi connectivity index (χ0v) is 34.4. The van der Waals surface area contributed by atoms with E-state index in [-0.39, 0.29) is 73.7 Å². The Bertz CT molecular complexity index is 2780. The lowest BCUT2D eigenvalue weighted by Gasteiger charge is -2.20. The van der Waals surface area contributed by atoms with E-state index in [2.05, 4.69) is 15.5 Å². The number of carbonyl (C=O) groups is 3. The van der Waals surface area contributed by atoms with Crippen LogP contribution in [0.3, 0.4) is 0 Å². The maximum Gasteiger partial charge on any atom is 0.296 e. The van der Waals surface area contributed by atoms with Gasteiger partial charge in [-0.2, -0.15) is 12.7 Å². The molecule has 0 unspecified atom stereocenters. The largest absolute Gasteiger partial charge is 0.505 e. The summed E-state index contributed by atoms with van der Waals surface area (Å²) in [6.45, 7) is 3.12. The molecule has 0 atom stereocenters. The fourth-order valence-corrected chi connectivity index (χ4v) is 9.33. The Morgan fingerprint density at radius 2 is 1.46 bits per heavy atom. The summed E-state index contributed by atoms with van der Waals surface area (Å²) in [6, 6.07) is 16.5. The van der Waals surface area contributed by atoms with Gasteiger partial charge in [-0.1, -0.05) is 55.8 Å².